The van der Waals surface area contributed by atoms with Crippen LogP contribution < -0.4 is 11.1 Å². The number of aliphatic hydroxyl groups is 1. The number of nitrogens with one attached hydrogen (secondary N) is 1. The summed E-state index contributed by atoms with van der Waals surface area (Å²) >= 11 is 11.9. The number of rotatable bonds is 6. The third kappa shape index (κ3) is 5.44. The molecule has 0 saturated heterocycles. The Labute approximate surface area is 133 Å². The molecule has 4 N–H and O–H groups in total. The third-order valence-corrected chi connectivity index (χ3v) is 3.14. The Morgan fingerprint density at radius 1 is 1.45 bits per heavy atom. The Kier molecular flexibility index (Phi) is 9.13. The SMILES string of the molecule is COCC(N)C(=O)NCC(O)c1c(Cl)cccc1Cl.Cl. The van der Waals surface area contributed by atoms with Crippen LogP contribution in [0.3, 0.4) is 0 Å². The molecule has 1 rings (SSSR count). The summed E-state index contributed by atoms with van der Waals surface area (Å²) in [5.41, 5.74) is 5.92. The highest BCUT2D eigenvalue weighted by molar-refractivity contribution is 6.36. The van der Waals surface area contributed by atoms with Crippen molar-refractivity contribution in [2.24, 2.45) is 5.73 Å². The van der Waals surface area contributed by atoms with E-state index in [4.69, 9.17) is 33.7 Å². The number of hydrogen-bond acceptors (Lipinski definition) is 4. The van der Waals surface area contributed by atoms with E-state index in [0.29, 0.717) is 15.6 Å². The molecule has 0 saturated carbocycles. The zero-order valence-electron chi connectivity index (χ0n) is 10.8. The molecule has 0 bridgehead atoms. The average Bonchev–Trinajstić information content (AvgIpc) is 2.36. The average molecular weight is 344 g/mol. The summed E-state index contributed by atoms with van der Waals surface area (Å²) in [5.74, 6) is -0.413. The summed E-state index contributed by atoms with van der Waals surface area (Å²) in [6.07, 6.45) is -1.00. The second kappa shape index (κ2) is 9.39. The number of aliphatic hydroxyl groups excluding tert-OH is 1. The smallest absolute Gasteiger partial charge is 0.239 e. The quantitative estimate of drug-likeness (QED) is 0.731. The van der Waals surface area contributed by atoms with Crippen LogP contribution in [0.5, 0.6) is 0 Å². The first kappa shape index (κ1) is 19.4. The monoisotopic (exact) mass is 342 g/mol. The number of nitrogens with two attached hydrogens (primary N) is 1. The predicted molar refractivity (Wildman–Crippen MR) is 81.5 cm³/mol. The zero-order valence-corrected chi connectivity index (χ0v) is 13.1. The number of carbonyl (C=O) groups is 1. The Balaban J connectivity index is 0.00000361. The number of ether oxygens (including phenoxy) is 1. The van der Waals surface area contributed by atoms with Gasteiger partial charge in [-0.25, -0.2) is 0 Å². The second-order valence-corrected chi connectivity index (χ2v) is 4.77. The first-order chi connectivity index (χ1) is 8.97. The van der Waals surface area contributed by atoms with Gasteiger partial charge in [0.1, 0.15) is 6.04 Å². The van der Waals surface area contributed by atoms with Crippen molar-refractivity contribution in [3.8, 4) is 0 Å². The van der Waals surface area contributed by atoms with Gasteiger partial charge in [0.2, 0.25) is 5.91 Å². The molecule has 1 aromatic carbocycles. The Bertz CT molecular complexity index is 426. The lowest BCUT2D eigenvalue weighted by molar-refractivity contribution is -0.123. The Morgan fingerprint density at radius 3 is 2.50 bits per heavy atom. The van der Waals surface area contributed by atoms with Crippen molar-refractivity contribution in [1.82, 2.24) is 5.32 Å². The highest BCUT2D eigenvalue weighted by atomic mass is 35.5. The van der Waals surface area contributed by atoms with Crippen molar-refractivity contribution in [1.29, 1.82) is 0 Å². The van der Waals surface area contributed by atoms with Crippen molar-refractivity contribution in [2.75, 3.05) is 20.3 Å². The number of hydrogen-bond donors (Lipinski definition) is 3. The molecule has 0 aliphatic carbocycles. The summed E-state index contributed by atoms with van der Waals surface area (Å²) in [4.78, 5) is 11.5. The van der Waals surface area contributed by atoms with Crippen molar-refractivity contribution < 1.29 is 14.6 Å². The maximum atomic E-state index is 11.5. The van der Waals surface area contributed by atoms with Crippen LogP contribution in [0.4, 0.5) is 0 Å². The number of benzene rings is 1. The van der Waals surface area contributed by atoms with E-state index < -0.39 is 18.1 Å². The standard InChI is InChI=1S/C12H16Cl2N2O3.ClH/c1-19-6-9(15)12(18)16-5-10(17)11-7(13)3-2-4-8(11)14;/h2-4,9-10,17H,5-6,15H2,1H3,(H,16,18);1H. The van der Waals surface area contributed by atoms with Gasteiger partial charge in [-0.1, -0.05) is 29.3 Å². The third-order valence-electron chi connectivity index (χ3n) is 2.49. The minimum absolute atomic E-state index is 0. The van der Waals surface area contributed by atoms with E-state index in [-0.39, 0.29) is 25.6 Å². The number of methoxy groups -OCH3 is 1. The van der Waals surface area contributed by atoms with Crippen LogP contribution in [-0.4, -0.2) is 37.3 Å². The lowest BCUT2D eigenvalue weighted by Gasteiger charge is -2.17. The lowest BCUT2D eigenvalue weighted by Crippen LogP contribution is -2.44. The van der Waals surface area contributed by atoms with Gasteiger partial charge in [-0.2, -0.15) is 0 Å². The molecule has 0 aliphatic heterocycles. The summed E-state index contributed by atoms with van der Waals surface area (Å²) in [5, 5.41) is 13.2. The molecule has 2 atom stereocenters. The Morgan fingerprint density at radius 2 is 2.00 bits per heavy atom. The first-order valence-electron chi connectivity index (χ1n) is 5.61. The van der Waals surface area contributed by atoms with E-state index in [1.807, 2.05) is 0 Å². The molecule has 0 radical (unpaired) electrons. The van der Waals surface area contributed by atoms with E-state index in [9.17, 15) is 9.90 Å². The molecule has 0 aliphatic rings. The molecule has 2 unspecified atom stereocenters. The zero-order chi connectivity index (χ0) is 14.4. The van der Waals surface area contributed by atoms with E-state index >= 15 is 0 Å². The summed E-state index contributed by atoms with van der Waals surface area (Å²) in [6.45, 7) is 0.0779. The second-order valence-electron chi connectivity index (χ2n) is 3.96. The van der Waals surface area contributed by atoms with Crippen LogP contribution in [0.15, 0.2) is 18.2 Å². The van der Waals surface area contributed by atoms with Crippen LogP contribution >= 0.6 is 35.6 Å². The van der Waals surface area contributed by atoms with Crippen LogP contribution in [0.1, 0.15) is 11.7 Å². The Hall–Kier alpha value is -0.560. The van der Waals surface area contributed by atoms with Crippen LogP contribution in [0.25, 0.3) is 0 Å². The first-order valence-corrected chi connectivity index (χ1v) is 6.37. The molecule has 0 fully saturated rings. The van der Waals surface area contributed by atoms with E-state index in [0.717, 1.165) is 0 Å². The molecule has 0 spiro atoms. The molecular formula is C12H17Cl3N2O3. The van der Waals surface area contributed by atoms with Gasteiger partial charge in [0.15, 0.2) is 0 Å². The maximum Gasteiger partial charge on any atom is 0.239 e. The van der Waals surface area contributed by atoms with E-state index in [1.165, 1.54) is 7.11 Å². The summed E-state index contributed by atoms with van der Waals surface area (Å²) in [7, 11) is 1.45. The molecule has 1 amide bonds. The molecule has 8 heteroatoms. The number of halogens is 3. The number of amides is 1. The number of carbonyl (C=O) groups excluding carboxylic acids is 1. The van der Waals surface area contributed by atoms with Gasteiger partial charge in [0, 0.05) is 29.3 Å². The minimum atomic E-state index is -1.00. The molecule has 1 aromatic rings. The largest absolute Gasteiger partial charge is 0.386 e. The summed E-state index contributed by atoms with van der Waals surface area (Å²) in [6, 6.07) is 4.13. The topological polar surface area (TPSA) is 84.6 Å². The molecule has 20 heavy (non-hydrogen) atoms. The van der Waals surface area contributed by atoms with Gasteiger partial charge in [-0.3, -0.25) is 4.79 Å². The van der Waals surface area contributed by atoms with E-state index in [2.05, 4.69) is 5.32 Å². The molecular weight excluding hydrogens is 327 g/mol. The van der Waals surface area contributed by atoms with E-state index in [1.54, 1.807) is 18.2 Å². The lowest BCUT2D eigenvalue weighted by atomic mass is 10.1. The van der Waals surface area contributed by atoms with Crippen molar-refractivity contribution in [3.05, 3.63) is 33.8 Å². The fourth-order valence-corrected chi connectivity index (χ4v) is 2.16. The highest BCUT2D eigenvalue weighted by Gasteiger charge is 2.18. The van der Waals surface area contributed by atoms with Crippen LogP contribution in [0, 0.1) is 0 Å². The molecule has 0 heterocycles. The van der Waals surface area contributed by atoms with Crippen LogP contribution in [0.2, 0.25) is 10.0 Å². The van der Waals surface area contributed by atoms with Crippen molar-refractivity contribution >= 4 is 41.5 Å². The van der Waals surface area contributed by atoms with Crippen molar-refractivity contribution in [3.63, 3.8) is 0 Å². The molecule has 0 aromatic heterocycles. The maximum absolute atomic E-state index is 11.5. The van der Waals surface area contributed by atoms with Crippen molar-refractivity contribution in [2.45, 2.75) is 12.1 Å². The molecule has 114 valence electrons. The van der Waals surface area contributed by atoms with Gasteiger partial charge >= 0.3 is 0 Å². The summed E-state index contributed by atoms with van der Waals surface area (Å²) < 4.78 is 4.76. The van der Waals surface area contributed by atoms with Gasteiger partial charge in [0.05, 0.1) is 12.7 Å². The fraction of sp³-hybridized carbons (Fsp3) is 0.417. The van der Waals surface area contributed by atoms with Gasteiger partial charge in [-0.05, 0) is 12.1 Å². The van der Waals surface area contributed by atoms with Gasteiger partial charge in [-0.15, -0.1) is 12.4 Å². The fourth-order valence-electron chi connectivity index (χ4n) is 1.51. The minimum Gasteiger partial charge on any atom is -0.386 e. The predicted octanol–water partition coefficient (Wildman–Crippen LogP) is 1.54. The molecule has 5 nitrogen and oxygen atoms in total. The normalized spacial score (nSPS) is 13.2. The highest BCUT2D eigenvalue weighted by Crippen LogP contribution is 2.29. The van der Waals surface area contributed by atoms with Crippen LogP contribution in [-0.2, 0) is 9.53 Å². The van der Waals surface area contributed by atoms with Gasteiger partial charge in [0.25, 0.3) is 0 Å². The van der Waals surface area contributed by atoms with Gasteiger partial charge < -0.3 is 20.9 Å².